The molecule has 0 saturated carbocycles. The molecule has 0 spiro atoms. The van der Waals surface area contributed by atoms with Crippen LogP contribution in [0.2, 0.25) is 5.02 Å². The fourth-order valence-electron chi connectivity index (χ4n) is 2.56. The second-order valence-electron chi connectivity index (χ2n) is 5.89. The van der Waals surface area contributed by atoms with Gasteiger partial charge in [-0.3, -0.25) is 0 Å². The van der Waals surface area contributed by atoms with Crippen molar-refractivity contribution < 1.29 is 18.0 Å². The highest BCUT2D eigenvalue weighted by Gasteiger charge is 2.35. The minimum absolute atomic E-state index is 0.0625. The molecular formula is C21H14BrClF3NO. The topological polar surface area (TPSA) is 21.6 Å². The third kappa shape index (κ3) is 5.14. The molecule has 3 rings (SSSR count). The summed E-state index contributed by atoms with van der Waals surface area (Å²) in [6.45, 7) is 0.117. The van der Waals surface area contributed by atoms with Gasteiger partial charge in [0.25, 0.3) is 0 Å². The highest BCUT2D eigenvalue weighted by molar-refractivity contribution is 9.10. The van der Waals surface area contributed by atoms with Crippen LogP contribution in [0.3, 0.4) is 0 Å². The predicted octanol–water partition coefficient (Wildman–Crippen LogP) is 7.09. The van der Waals surface area contributed by atoms with E-state index < -0.39 is 11.7 Å². The van der Waals surface area contributed by atoms with Gasteiger partial charge in [0.1, 0.15) is 12.3 Å². The molecule has 0 aliphatic rings. The Balaban J connectivity index is 2.01. The average molecular weight is 469 g/mol. The molecule has 0 bridgehead atoms. The number of benzene rings is 3. The maximum Gasteiger partial charge on any atom is 0.417 e. The summed E-state index contributed by atoms with van der Waals surface area (Å²) in [4.78, 5) is 5.40. The summed E-state index contributed by atoms with van der Waals surface area (Å²) in [5.41, 5.74) is 0.425. The van der Waals surface area contributed by atoms with Gasteiger partial charge < -0.3 is 4.84 Å². The van der Waals surface area contributed by atoms with Crippen molar-refractivity contribution in [1.82, 2.24) is 0 Å². The van der Waals surface area contributed by atoms with E-state index in [1.165, 1.54) is 12.1 Å². The Morgan fingerprint density at radius 1 is 0.964 bits per heavy atom. The summed E-state index contributed by atoms with van der Waals surface area (Å²) in [5, 5.41) is 4.22. The van der Waals surface area contributed by atoms with Gasteiger partial charge in [0.2, 0.25) is 0 Å². The van der Waals surface area contributed by atoms with Crippen LogP contribution in [0.5, 0.6) is 0 Å². The zero-order chi connectivity index (χ0) is 20.1. The smallest absolute Gasteiger partial charge is 0.390 e. The molecule has 0 unspecified atom stereocenters. The standard InChI is InChI=1S/C21H14BrClF3NO/c22-16-8-6-14(7-9-16)13-28-27-20(15-4-2-1-3-5-15)18-12-17(23)10-11-19(18)21(24,25)26/h1-12H,13H2. The van der Waals surface area contributed by atoms with Crippen molar-refractivity contribution in [2.24, 2.45) is 5.16 Å². The molecule has 28 heavy (non-hydrogen) atoms. The Bertz CT molecular complexity index is 973. The van der Waals surface area contributed by atoms with Crippen molar-refractivity contribution >= 4 is 33.2 Å². The Labute approximate surface area is 173 Å². The highest BCUT2D eigenvalue weighted by Crippen LogP contribution is 2.34. The van der Waals surface area contributed by atoms with Crippen LogP contribution in [0.1, 0.15) is 22.3 Å². The van der Waals surface area contributed by atoms with Crippen LogP contribution in [-0.4, -0.2) is 5.71 Å². The maximum absolute atomic E-state index is 13.5. The molecule has 3 aromatic rings. The minimum atomic E-state index is -4.55. The summed E-state index contributed by atoms with van der Waals surface area (Å²) in [7, 11) is 0. The van der Waals surface area contributed by atoms with Crippen molar-refractivity contribution in [1.29, 1.82) is 0 Å². The van der Waals surface area contributed by atoms with E-state index in [1.807, 2.05) is 24.3 Å². The van der Waals surface area contributed by atoms with E-state index >= 15 is 0 Å². The van der Waals surface area contributed by atoms with Crippen molar-refractivity contribution in [2.45, 2.75) is 12.8 Å². The molecule has 2 nitrogen and oxygen atoms in total. The molecule has 7 heteroatoms. The van der Waals surface area contributed by atoms with Gasteiger partial charge >= 0.3 is 6.18 Å². The van der Waals surface area contributed by atoms with Crippen LogP contribution in [0.15, 0.2) is 82.4 Å². The van der Waals surface area contributed by atoms with Gasteiger partial charge in [0, 0.05) is 20.6 Å². The number of alkyl halides is 3. The summed E-state index contributed by atoms with van der Waals surface area (Å²) in [5.74, 6) is 0. The number of halogens is 5. The lowest BCUT2D eigenvalue weighted by atomic mass is 9.97. The highest BCUT2D eigenvalue weighted by atomic mass is 79.9. The van der Waals surface area contributed by atoms with E-state index in [1.54, 1.807) is 30.3 Å². The van der Waals surface area contributed by atoms with E-state index in [0.29, 0.717) is 5.56 Å². The predicted molar refractivity (Wildman–Crippen MR) is 107 cm³/mol. The van der Waals surface area contributed by atoms with Gasteiger partial charge in [-0.05, 0) is 35.9 Å². The Kier molecular flexibility index (Phi) is 6.42. The third-order valence-corrected chi connectivity index (χ3v) is 4.65. The number of hydrogen-bond donors (Lipinski definition) is 0. The lowest BCUT2D eigenvalue weighted by molar-refractivity contribution is -0.137. The SMILES string of the molecule is FC(F)(F)c1ccc(Cl)cc1C(=NOCc1ccc(Br)cc1)c1ccccc1. The van der Waals surface area contributed by atoms with Crippen LogP contribution >= 0.6 is 27.5 Å². The van der Waals surface area contributed by atoms with E-state index in [9.17, 15) is 13.2 Å². The van der Waals surface area contributed by atoms with E-state index in [2.05, 4.69) is 21.1 Å². The van der Waals surface area contributed by atoms with Crippen molar-refractivity contribution in [3.05, 3.63) is 105 Å². The van der Waals surface area contributed by atoms with Crippen LogP contribution < -0.4 is 0 Å². The van der Waals surface area contributed by atoms with Gasteiger partial charge in [0.05, 0.1) is 5.56 Å². The molecule has 0 saturated heterocycles. The van der Waals surface area contributed by atoms with E-state index in [-0.39, 0.29) is 22.9 Å². The van der Waals surface area contributed by atoms with Gasteiger partial charge in [-0.2, -0.15) is 13.2 Å². The maximum atomic E-state index is 13.5. The second kappa shape index (κ2) is 8.80. The molecule has 0 heterocycles. The minimum Gasteiger partial charge on any atom is -0.390 e. The van der Waals surface area contributed by atoms with E-state index in [4.69, 9.17) is 16.4 Å². The largest absolute Gasteiger partial charge is 0.417 e. The number of rotatable bonds is 5. The van der Waals surface area contributed by atoms with Crippen LogP contribution in [0.4, 0.5) is 13.2 Å². The molecule has 0 N–H and O–H groups in total. The number of nitrogens with zero attached hydrogens (tertiary/aromatic N) is 1. The molecule has 0 aliphatic carbocycles. The average Bonchev–Trinajstić information content (AvgIpc) is 2.66. The fraction of sp³-hybridized carbons (Fsp3) is 0.0952. The molecule has 144 valence electrons. The molecule has 0 amide bonds. The number of hydrogen-bond acceptors (Lipinski definition) is 2. The van der Waals surface area contributed by atoms with Gasteiger partial charge in [-0.15, -0.1) is 0 Å². The Morgan fingerprint density at radius 2 is 1.64 bits per heavy atom. The molecule has 3 aromatic carbocycles. The first kappa shape index (κ1) is 20.4. The third-order valence-electron chi connectivity index (χ3n) is 3.89. The molecule has 0 fully saturated rings. The van der Waals surface area contributed by atoms with E-state index in [0.717, 1.165) is 16.1 Å². The summed E-state index contributed by atoms with van der Waals surface area (Å²) >= 11 is 9.32. The van der Waals surface area contributed by atoms with Crippen molar-refractivity contribution in [2.75, 3.05) is 0 Å². The second-order valence-corrected chi connectivity index (χ2v) is 7.25. The fourth-order valence-corrected chi connectivity index (χ4v) is 3.00. The monoisotopic (exact) mass is 467 g/mol. The Hall–Kier alpha value is -2.31. The lowest BCUT2D eigenvalue weighted by Crippen LogP contribution is -2.15. The Morgan fingerprint density at radius 3 is 2.29 bits per heavy atom. The first-order valence-electron chi connectivity index (χ1n) is 8.21. The van der Waals surface area contributed by atoms with Crippen LogP contribution in [-0.2, 0) is 17.6 Å². The molecule has 0 aliphatic heterocycles. The zero-order valence-electron chi connectivity index (χ0n) is 14.4. The molecule has 0 atom stereocenters. The van der Waals surface area contributed by atoms with Crippen molar-refractivity contribution in [3.8, 4) is 0 Å². The molecule has 0 radical (unpaired) electrons. The first-order valence-corrected chi connectivity index (χ1v) is 9.38. The quantitative estimate of drug-likeness (QED) is 0.289. The molecular weight excluding hydrogens is 455 g/mol. The molecule has 0 aromatic heterocycles. The summed E-state index contributed by atoms with van der Waals surface area (Å²) < 4.78 is 41.5. The summed E-state index contributed by atoms with van der Waals surface area (Å²) in [6, 6.07) is 19.3. The summed E-state index contributed by atoms with van der Waals surface area (Å²) in [6.07, 6.45) is -4.55. The van der Waals surface area contributed by atoms with Crippen LogP contribution in [0, 0.1) is 0 Å². The van der Waals surface area contributed by atoms with Crippen LogP contribution in [0.25, 0.3) is 0 Å². The lowest BCUT2D eigenvalue weighted by Gasteiger charge is -2.15. The first-order chi connectivity index (χ1) is 13.3. The van der Waals surface area contributed by atoms with Gasteiger partial charge in [0.15, 0.2) is 0 Å². The van der Waals surface area contributed by atoms with Gasteiger partial charge in [-0.1, -0.05) is 75.2 Å². The normalized spacial score (nSPS) is 12.1. The number of oxime groups is 1. The zero-order valence-corrected chi connectivity index (χ0v) is 16.7. The van der Waals surface area contributed by atoms with Gasteiger partial charge in [-0.25, -0.2) is 0 Å². The van der Waals surface area contributed by atoms with Crippen molar-refractivity contribution in [3.63, 3.8) is 0 Å².